The summed E-state index contributed by atoms with van der Waals surface area (Å²) in [6.07, 6.45) is 6.38. The van der Waals surface area contributed by atoms with Crippen molar-refractivity contribution in [2.45, 2.75) is 39.0 Å². The lowest BCUT2D eigenvalue weighted by molar-refractivity contribution is -0.156. The van der Waals surface area contributed by atoms with Gasteiger partial charge in [-0.25, -0.2) is 0 Å². The minimum Gasteiger partial charge on any atom is -0.392 e. The molecule has 0 aromatic rings. The summed E-state index contributed by atoms with van der Waals surface area (Å²) in [6.45, 7) is 1.75. The molecule has 0 aromatic heterocycles. The molecule has 124 valence electrons. The Morgan fingerprint density at radius 3 is 2.79 bits per heavy atom. The molecule has 0 aromatic carbocycles. The Balaban J connectivity index is 1.73. The zero-order chi connectivity index (χ0) is 16.9. The summed E-state index contributed by atoms with van der Waals surface area (Å²) in [7, 11) is 0. The quantitative estimate of drug-likeness (QED) is 0.502. The minimum atomic E-state index is -0.995. The summed E-state index contributed by atoms with van der Waals surface area (Å²) in [5.74, 6) is -1.67. The van der Waals surface area contributed by atoms with Crippen molar-refractivity contribution in [1.29, 1.82) is 0 Å². The molecule has 0 radical (unpaired) electrons. The second-order valence-electron chi connectivity index (χ2n) is 8.11. The van der Waals surface area contributed by atoms with Crippen LogP contribution in [0.25, 0.3) is 0 Å². The van der Waals surface area contributed by atoms with Gasteiger partial charge in [-0.2, -0.15) is 0 Å². The van der Waals surface area contributed by atoms with Crippen molar-refractivity contribution in [3.63, 3.8) is 0 Å². The van der Waals surface area contributed by atoms with E-state index < -0.39 is 28.7 Å². The molecule has 0 amide bonds. The SMILES string of the molecule is C[C@@]12C(=O)OC(=O)[C@@H]1C=CC1=C3CC[C@@H]4C[C@]3(CC4=O)C(=O)C[C@@H]12. The lowest BCUT2D eigenvalue weighted by Gasteiger charge is -2.47. The Labute approximate surface area is 139 Å². The van der Waals surface area contributed by atoms with Crippen molar-refractivity contribution >= 4 is 23.5 Å². The fourth-order valence-electron chi connectivity index (χ4n) is 5.83. The summed E-state index contributed by atoms with van der Waals surface area (Å²) in [4.78, 5) is 49.7. The Bertz CT molecular complexity index is 803. The van der Waals surface area contributed by atoms with Gasteiger partial charge in [0.05, 0.1) is 16.7 Å². The Kier molecular flexibility index (Phi) is 2.46. The summed E-state index contributed by atoms with van der Waals surface area (Å²) in [5, 5.41) is 0. The molecule has 1 aliphatic heterocycles. The van der Waals surface area contributed by atoms with Gasteiger partial charge in [0.15, 0.2) is 0 Å². The first-order valence-corrected chi connectivity index (χ1v) is 8.62. The maximum atomic E-state index is 13.1. The maximum Gasteiger partial charge on any atom is 0.321 e. The molecule has 4 aliphatic carbocycles. The predicted octanol–water partition coefficient (Wildman–Crippen LogP) is 1.91. The maximum absolute atomic E-state index is 13.1. The molecule has 5 nitrogen and oxygen atoms in total. The van der Waals surface area contributed by atoms with Crippen molar-refractivity contribution in [3.05, 3.63) is 23.3 Å². The zero-order valence-electron chi connectivity index (χ0n) is 13.5. The van der Waals surface area contributed by atoms with Gasteiger partial charge >= 0.3 is 11.9 Å². The molecule has 3 fully saturated rings. The van der Waals surface area contributed by atoms with Crippen LogP contribution in [0.15, 0.2) is 23.3 Å². The number of carbonyl (C=O) groups is 4. The first-order chi connectivity index (χ1) is 11.4. The van der Waals surface area contributed by atoms with E-state index in [9.17, 15) is 19.2 Å². The fraction of sp³-hybridized carbons (Fsp3) is 0.579. The van der Waals surface area contributed by atoms with Gasteiger partial charge in [-0.3, -0.25) is 19.2 Å². The van der Waals surface area contributed by atoms with E-state index in [1.807, 2.05) is 6.08 Å². The first kappa shape index (κ1) is 14.3. The number of esters is 2. The largest absolute Gasteiger partial charge is 0.392 e. The summed E-state index contributed by atoms with van der Waals surface area (Å²) in [5.41, 5.74) is 0.429. The molecular weight excluding hydrogens is 308 g/mol. The van der Waals surface area contributed by atoms with Crippen LogP contribution in [0.3, 0.4) is 0 Å². The highest BCUT2D eigenvalue weighted by atomic mass is 16.6. The molecule has 0 unspecified atom stereocenters. The highest BCUT2D eigenvalue weighted by Gasteiger charge is 2.65. The second kappa shape index (κ2) is 4.13. The molecule has 5 aliphatic rings. The van der Waals surface area contributed by atoms with Crippen LogP contribution in [0, 0.1) is 28.6 Å². The van der Waals surface area contributed by atoms with Crippen LogP contribution in [0.4, 0.5) is 0 Å². The fourth-order valence-corrected chi connectivity index (χ4v) is 5.83. The third kappa shape index (κ3) is 1.39. The van der Waals surface area contributed by atoms with Crippen LogP contribution in [-0.4, -0.2) is 23.5 Å². The lowest BCUT2D eigenvalue weighted by Crippen LogP contribution is -2.48. The lowest BCUT2D eigenvalue weighted by atomic mass is 9.53. The third-order valence-corrected chi connectivity index (χ3v) is 7.22. The van der Waals surface area contributed by atoms with E-state index in [0.717, 1.165) is 24.0 Å². The van der Waals surface area contributed by atoms with E-state index in [1.54, 1.807) is 13.0 Å². The molecule has 24 heavy (non-hydrogen) atoms. The van der Waals surface area contributed by atoms with Crippen molar-refractivity contribution in [2.24, 2.45) is 28.6 Å². The van der Waals surface area contributed by atoms with E-state index in [2.05, 4.69) is 0 Å². The number of hydrogen-bond donors (Lipinski definition) is 0. The number of rotatable bonds is 0. The monoisotopic (exact) mass is 326 g/mol. The first-order valence-electron chi connectivity index (χ1n) is 8.62. The van der Waals surface area contributed by atoms with E-state index >= 15 is 0 Å². The average Bonchev–Trinajstić information content (AvgIpc) is 2.93. The number of fused-ring (bicyclic) bond motifs is 4. The van der Waals surface area contributed by atoms with E-state index in [1.165, 1.54) is 0 Å². The number of ether oxygens (including phenoxy) is 1. The van der Waals surface area contributed by atoms with Crippen molar-refractivity contribution in [3.8, 4) is 0 Å². The van der Waals surface area contributed by atoms with E-state index in [4.69, 9.17) is 4.74 Å². The molecule has 5 heteroatoms. The number of carbonyl (C=O) groups excluding carboxylic acids is 4. The predicted molar refractivity (Wildman–Crippen MR) is 81.4 cm³/mol. The van der Waals surface area contributed by atoms with Gasteiger partial charge in [-0.15, -0.1) is 0 Å². The van der Waals surface area contributed by atoms with Crippen molar-refractivity contribution in [2.75, 3.05) is 0 Å². The van der Waals surface area contributed by atoms with Crippen LogP contribution in [0.2, 0.25) is 0 Å². The van der Waals surface area contributed by atoms with Gasteiger partial charge in [-0.1, -0.05) is 17.7 Å². The van der Waals surface area contributed by atoms with Gasteiger partial charge < -0.3 is 4.74 Å². The van der Waals surface area contributed by atoms with Gasteiger partial charge in [0.2, 0.25) is 0 Å². The van der Waals surface area contributed by atoms with Crippen molar-refractivity contribution in [1.82, 2.24) is 0 Å². The van der Waals surface area contributed by atoms with Gasteiger partial charge in [0.1, 0.15) is 11.6 Å². The van der Waals surface area contributed by atoms with Crippen LogP contribution >= 0.6 is 0 Å². The second-order valence-corrected chi connectivity index (χ2v) is 8.11. The summed E-state index contributed by atoms with van der Waals surface area (Å²) < 4.78 is 4.89. The zero-order valence-corrected chi connectivity index (χ0v) is 13.5. The smallest absolute Gasteiger partial charge is 0.321 e. The van der Waals surface area contributed by atoms with Crippen LogP contribution in [0.5, 0.6) is 0 Å². The number of hydrogen-bond acceptors (Lipinski definition) is 5. The Morgan fingerprint density at radius 2 is 2.00 bits per heavy atom. The topological polar surface area (TPSA) is 77.5 Å². The molecule has 2 bridgehead atoms. The van der Waals surface area contributed by atoms with Crippen LogP contribution in [0.1, 0.15) is 39.0 Å². The molecule has 1 saturated heterocycles. The normalized spacial score (nSPS) is 46.0. The molecule has 5 atom stereocenters. The molecule has 1 spiro atoms. The van der Waals surface area contributed by atoms with Crippen LogP contribution in [-0.2, 0) is 23.9 Å². The number of Topliss-reactive ketones (excluding diaryl/α,β-unsaturated/α-hetero) is 2. The Hall–Kier alpha value is -2.04. The Morgan fingerprint density at radius 1 is 1.21 bits per heavy atom. The van der Waals surface area contributed by atoms with Gasteiger partial charge in [0, 0.05) is 24.7 Å². The molecule has 1 heterocycles. The summed E-state index contributed by atoms with van der Waals surface area (Å²) >= 11 is 0. The highest BCUT2D eigenvalue weighted by molar-refractivity contribution is 6.04. The highest BCUT2D eigenvalue weighted by Crippen LogP contribution is 2.62. The number of cyclic esters (lactones) is 2. The molecule has 5 rings (SSSR count). The summed E-state index contributed by atoms with van der Waals surface area (Å²) in [6, 6.07) is 0. The van der Waals surface area contributed by atoms with Crippen molar-refractivity contribution < 1.29 is 23.9 Å². The third-order valence-electron chi connectivity index (χ3n) is 7.22. The van der Waals surface area contributed by atoms with E-state index in [-0.39, 0.29) is 29.8 Å². The van der Waals surface area contributed by atoms with Crippen LogP contribution < -0.4 is 0 Å². The van der Waals surface area contributed by atoms with Gasteiger partial charge in [0.25, 0.3) is 0 Å². The van der Waals surface area contributed by atoms with E-state index in [0.29, 0.717) is 12.8 Å². The standard InChI is InChI=1S/C19H18O5/c1-18-12(16(22)24-17(18)23)5-3-10-11-4-2-9-7-19(11,8-14(9)20)15(21)6-13(10)18/h3,5,9,12-13H,2,4,6-8H2,1H3/t9-,12+,13+,18-,19-/m1/s1. The van der Waals surface area contributed by atoms with Gasteiger partial charge in [-0.05, 0) is 31.8 Å². The molecular formula is C19H18O5. The molecule has 0 N–H and O–H groups in total. The number of allylic oxidation sites excluding steroid dienone is 3. The minimum absolute atomic E-state index is 0.0174. The average molecular weight is 326 g/mol. The number of ketones is 2. The molecule has 2 saturated carbocycles.